The molecule has 0 radical (unpaired) electrons. The summed E-state index contributed by atoms with van der Waals surface area (Å²) in [4.78, 5) is 20.9. The molecule has 0 saturated heterocycles. The Kier molecular flexibility index (Phi) is 4.66. The second kappa shape index (κ2) is 6.46. The van der Waals surface area contributed by atoms with E-state index in [0.29, 0.717) is 6.54 Å². The van der Waals surface area contributed by atoms with Crippen LogP contribution in [0.15, 0.2) is 12.1 Å². The monoisotopic (exact) mass is 308 g/mol. The van der Waals surface area contributed by atoms with Gasteiger partial charge in [0.15, 0.2) is 0 Å². The van der Waals surface area contributed by atoms with E-state index in [1.54, 1.807) is 18.3 Å². The van der Waals surface area contributed by atoms with Crippen molar-refractivity contribution in [3.63, 3.8) is 0 Å². The zero-order valence-corrected chi connectivity index (χ0v) is 12.5. The van der Waals surface area contributed by atoms with Gasteiger partial charge in [0.1, 0.15) is 5.69 Å². The largest absolute Gasteiger partial charge is 0.359 e. The van der Waals surface area contributed by atoms with Crippen LogP contribution in [0.25, 0.3) is 0 Å². The van der Waals surface area contributed by atoms with Crippen molar-refractivity contribution >= 4 is 28.8 Å². The van der Waals surface area contributed by atoms with Crippen LogP contribution in [-0.4, -0.2) is 14.9 Å². The minimum Gasteiger partial charge on any atom is -0.359 e. The van der Waals surface area contributed by atoms with E-state index in [1.165, 1.54) is 4.88 Å². The quantitative estimate of drug-likeness (QED) is 0.425. The van der Waals surface area contributed by atoms with Gasteiger partial charge in [-0.2, -0.15) is 4.98 Å². The summed E-state index contributed by atoms with van der Waals surface area (Å²) in [5.74, 6) is 5.57. The van der Waals surface area contributed by atoms with Crippen LogP contribution in [0.1, 0.15) is 22.4 Å². The lowest BCUT2D eigenvalue weighted by Gasteiger charge is -2.08. The number of hydrazine groups is 1. The van der Waals surface area contributed by atoms with Gasteiger partial charge in [0.2, 0.25) is 11.8 Å². The summed E-state index contributed by atoms with van der Waals surface area (Å²) >= 11 is 1.66. The predicted molar refractivity (Wildman–Crippen MR) is 82.3 cm³/mol. The highest BCUT2D eigenvalue weighted by Crippen LogP contribution is 2.27. The Morgan fingerprint density at radius 1 is 1.38 bits per heavy atom. The standard InChI is InChI=1S/C12H16N6O2S/c1-3-8-4-5-9(21-8)6-14-11-10(18(19)20)7(2)15-12(16-11)17-13/h4-5H,3,6,13H2,1-2H3,(H2,14,15,16,17). The summed E-state index contributed by atoms with van der Waals surface area (Å²) in [6.45, 7) is 4.10. The predicted octanol–water partition coefficient (Wildman–Crippen LogP) is 2.21. The molecule has 0 atom stereocenters. The van der Waals surface area contributed by atoms with Gasteiger partial charge in [-0.15, -0.1) is 11.3 Å². The number of anilines is 2. The van der Waals surface area contributed by atoms with Crippen molar-refractivity contribution in [3.05, 3.63) is 37.7 Å². The summed E-state index contributed by atoms with van der Waals surface area (Å²) in [6, 6.07) is 4.05. The van der Waals surface area contributed by atoms with E-state index < -0.39 is 4.92 Å². The first-order valence-corrected chi connectivity index (χ1v) is 7.18. The molecule has 8 nitrogen and oxygen atoms in total. The van der Waals surface area contributed by atoms with Crippen LogP contribution >= 0.6 is 11.3 Å². The number of aromatic nitrogens is 2. The molecule has 0 aromatic carbocycles. The molecule has 4 N–H and O–H groups in total. The molecule has 0 fully saturated rings. The lowest BCUT2D eigenvalue weighted by atomic mass is 10.3. The summed E-state index contributed by atoms with van der Waals surface area (Å²) in [7, 11) is 0. The van der Waals surface area contributed by atoms with Gasteiger partial charge in [0, 0.05) is 9.75 Å². The Hall–Kier alpha value is -2.26. The second-order valence-corrected chi connectivity index (χ2v) is 5.56. The minimum absolute atomic E-state index is 0.138. The molecule has 0 amide bonds. The van der Waals surface area contributed by atoms with Crippen molar-refractivity contribution in [3.8, 4) is 0 Å². The van der Waals surface area contributed by atoms with E-state index in [-0.39, 0.29) is 23.1 Å². The van der Waals surface area contributed by atoms with Crippen molar-refractivity contribution in [1.82, 2.24) is 9.97 Å². The number of aryl methyl sites for hydroxylation is 2. The number of nitrogen functional groups attached to an aromatic ring is 1. The van der Waals surface area contributed by atoms with E-state index in [0.717, 1.165) is 11.3 Å². The molecule has 2 aromatic rings. The molecule has 9 heteroatoms. The van der Waals surface area contributed by atoms with Gasteiger partial charge in [-0.3, -0.25) is 15.5 Å². The summed E-state index contributed by atoms with van der Waals surface area (Å²) < 4.78 is 0. The molecule has 0 bridgehead atoms. The lowest BCUT2D eigenvalue weighted by molar-refractivity contribution is -0.385. The highest BCUT2D eigenvalue weighted by molar-refractivity contribution is 7.12. The minimum atomic E-state index is -0.496. The zero-order chi connectivity index (χ0) is 15.4. The van der Waals surface area contributed by atoms with E-state index in [1.807, 2.05) is 12.1 Å². The first-order chi connectivity index (χ1) is 10.0. The molecular formula is C12H16N6O2S. The lowest BCUT2D eigenvalue weighted by Crippen LogP contribution is -2.14. The number of hydrogen-bond acceptors (Lipinski definition) is 8. The molecule has 0 unspecified atom stereocenters. The molecule has 0 aliphatic heterocycles. The van der Waals surface area contributed by atoms with Gasteiger partial charge in [0.05, 0.1) is 11.5 Å². The van der Waals surface area contributed by atoms with Crippen molar-refractivity contribution in [2.45, 2.75) is 26.8 Å². The number of rotatable bonds is 6. The normalized spacial score (nSPS) is 10.4. The Balaban J connectivity index is 2.25. The fraction of sp³-hybridized carbons (Fsp3) is 0.333. The average molecular weight is 308 g/mol. The number of hydrogen-bond donors (Lipinski definition) is 3. The number of nitrogens with one attached hydrogen (secondary N) is 2. The molecule has 0 spiro atoms. The Bertz CT molecular complexity index is 657. The van der Waals surface area contributed by atoms with Crippen LogP contribution in [0.3, 0.4) is 0 Å². The third-order valence-corrected chi connectivity index (χ3v) is 4.10. The first-order valence-electron chi connectivity index (χ1n) is 6.36. The van der Waals surface area contributed by atoms with Crippen LogP contribution in [0.5, 0.6) is 0 Å². The van der Waals surface area contributed by atoms with E-state index >= 15 is 0 Å². The zero-order valence-electron chi connectivity index (χ0n) is 11.7. The third-order valence-electron chi connectivity index (χ3n) is 2.87. The van der Waals surface area contributed by atoms with Crippen LogP contribution < -0.4 is 16.6 Å². The average Bonchev–Trinajstić information content (AvgIpc) is 2.91. The van der Waals surface area contributed by atoms with Gasteiger partial charge < -0.3 is 5.32 Å². The smallest absolute Gasteiger partial charge is 0.332 e. The van der Waals surface area contributed by atoms with Gasteiger partial charge >= 0.3 is 5.69 Å². The molecule has 0 saturated carbocycles. The molecule has 2 heterocycles. The van der Waals surface area contributed by atoms with E-state index in [2.05, 4.69) is 27.6 Å². The molecule has 21 heavy (non-hydrogen) atoms. The summed E-state index contributed by atoms with van der Waals surface area (Å²) in [5, 5.41) is 14.1. The maximum absolute atomic E-state index is 11.1. The van der Waals surface area contributed by atoms with Gasteiger partial charge in [-0.05, 0) is 25.5 Å². The molecule has 112 valence electrons. The summed E-state index contributed by atoms with van der Waals surface area (Å²) in [6.07, 6.45) is 0.971. The van der Waals surface area contributed by atoms with E-state index in [4.69, 9.17) is 5.84 Å². The van der Waals surface area contributed by atoms with Gasteiger partial charge in [-0.25, -0.2) is 10.8 Å². The van der Waals surface area contributed by atoms with Gasteiger partial charge in [-0.1, -0.05) is 6.92 Å². The molecule has 0 aliphatic rings. The number of nitro groups is 1. The van der Waals surface area contributed by atoms with Crippen LogP contribution in [0.2, 0.25) is 0 Å². The van der Waals surface area contributed by atoms with Crippen LogP contribution in [-0.2, 0) is 13.0 Å². The molecule has 0 aliphatic carbocycles. The molecule has 2 aromatic heterocycles. The Labute approximate surface area is 125 Å². The molecule has 2 rings (SSSR count). The van der Waals surface area contributed by atoms with Crippen LogP contribution in [0, 0.1) is 17.0 Å². The van der Waals surface area contributed by atoms with Gasteiger partial charge in [0.25, 0.3) is 0 Å². The van der Waals surface area contributed by atoms with Crippen LogP contribution in [0.4, 0.5) is 17.5 Å². The maximum Gasteiger partial charge on any atom is 0.332 e. The van der Waals surface area contributed by atoms with Crippen molar-refractivity contribution < 1.29 is 4.92 Å². The fourth-order valence-corrected chi connectivity index (χ4v) is 2.75. The summed E-state index contributed by atoms with van der Waals surface area (Å²) in [5.41, 5.74) is 2.42. The van der Waals surface area contributed by atoms with Crippen molar-refractivity contribution in [1.29, 1.82) is 0 Å². The highest BCUT2D eigenvalue weighted by atomic mass is 32.1. The highest BCUT2D eigenvalue weighted by Gasteiger charge is 2.21. The fourth-order valence-electron chi connectivity index (χ4n) is 1.85. The Morgan fingerprint density at radius 2 is 2.10 bits per heavy atom. The van der Waals surface area contributed by atoms with E-state index in [9.17, 15) is 10.1 Å². The number of nitrogens with two attached hydrogens (primary N) is 1. The second-order valence-electron chi connectivity index (χ2n) is 4.31. The topological polar surface area (TPSA) is 119 Å². The molecular weight excluding hydrogens is 292 g/mol. The van der Waals surface area contributed by atoms with Crippen molar-refractivity contribution in [2.75, 3.05) is 10.7 Å². The Morgan fingerprint density at radius 3 is 2.67 bits per heavy atom. The third kappa shape index (κ3) is 3.44. The van der Waals surface area contributed by atoms with Crippen molar-refractivity contribution in [2.24, 2.45) is 5.84 Å². The SMILES string of the molecule is CCc1ccc(CNc2nc(NN)nc(C)c2[N+](=O)[O-])s1. The number of thiophene rings is 1. The number of nitrogens with zero attached hydrogens (tertiary/aromatic N) is 3. The first kappa shape index (κ1) is 15.1. The maximum atomic E-state index is 11.1.